The van der Waals surface area contributed by atoms with Gasteiger partial charge in [-0.1, -0.05) is 18.2 Å². The molecule has 1 atom stereocenters. The minimum atomic E-state index is -1.26. The highest BCUT2D eigenvalue weighted by Gasteiger charge is 2.23. The number of rotatable bonds is 12. The zero-order valence-electron chi connectivity index (χ0n) is 25.3. The number of imidazole rings is 1. The van der Waals surface area contributed by atoms with Crippen LogP contribution in [0.3, 0.4) is 0 Å². The first-order chi connectivity index (χ1) is 22.7. The number of fused-ring (bicyclic) bond motifs is 1. The highest BCUT2D eigenvalue weighted by atomic mass is 32.1. The maximum Gasteiger partial charge on any atom is 0.328 e. The SMILES string of the molecule is NCCN1CCC(Nc2nc3ccccc3n2Cc2cccs2)C1.O=C(O)C=CC(=O)O.O=C(O)C=CC(=O)O.O=C(O)C=CC(=O)O. The topological polar surface area (TPSA) is 283 Å². The van der Waals surface area contributed by atoms with Crippen molar-refractivity contribution in [3.05, 3.63) is 83.1 Å². The lowest BCUT2D eigenvalue weighted by Crippen LogP contribution is -2.30. The van der Waals surface area contributed by atoms with Crippen LogP contribution in [0, 0.1) is 0 Å². The summed E-state index contributed by atoms with van der Waals surface area (Å²) in [5, 5.41) is 52.7. The van der Waals surface area contributed by atoms with Crippen molar-refractivity contribution in [2.45, 2.75) is 19.0 Å². The number of anilines is 1. The lowest BCUT2D eigenvalue weighted by Gasteiger charge is -2.17. The van der Waals surface area contributed by atoms with Crippen LogP contribution in [0.2, 0.25) is 0 Å². The molecular formula is C30H35N5O12S. The van der Waals surface area contributed by atoms with E-state index in [4.69, 9.17) is 41.4 Å². The van der Waals surface area contributed by atoms with Gasteiger partial charge in [0.05, 0.1) is 17.6 Å². The highest BCUT2D eigenvalue weighted by Crippen LogP contribution is 2.24. The molecule has 17 nitrogen and oxygen atoms in total. The molecule has 0 spiro atoms. The van der Waals surface area contributed by atoms with Gasteiger partial charge in [-0.05, 0) is 30.0 Å². The van der Waals surface area contributed by atoms with E-state index < -0.39 is 35.8 Å². The fourth-order valence-corrected chi connectivity index (χ4v) is 4.54. The number of carbonyl (C=O) groups is 6. The summed E-state index contributed by atoms with van der Waals surface area (Å²) in [7, 11) is 0. The first-order valence-electron chi connectivity index (χ1n) is 13.8. The van der Waals surface area contributed by atoms with Crippen LogP contribution >= 0.6 is 11.3 Å². The Morgan fingerprint density at radius 3 is 1.73 bits per heavy atom. The Labute approximate surface area is 277 Å². The predicted molar refractivity (Wildman–Crippen MR) is 174 cm³/mol. The van der Waals surface area contributed by atoms with E-state index in [-0.39, 0.29) is 0 Å². The third-order valence-electron chi connectivity index (χ3n) is 5.70. The Morgan fingerprint density at radius 2 is 1.29 bits per heavy atom. The molecule has 0 radical (unpaired) electrons. The van der Waals surface area contributed by atoms with Gasteiger partial charge in [0.2, 0.25) is 5.95 Å². The van der Waals surface area contributed by atoms with E-state index in [0.717, 1.165) is 50.6 Å². The Balaban J connectivity index is 0.000000396. The van der Waals surface area contributed by atoms with Gasteiger partial charge >= 0.3 is 35.8 Å². The molecule has 1 aromatic carbocycles. The molecule has 1 saturated heterocycles. The maximum atomic E-state index is 9.55. The Kier molecular flexibility index (Phi) is 18.3. The summed E-state index contributed by atoms with van der Waals surface area (Å²) in [4.78, 5) is 65.9. The molecule has 1 aliphatic heterocycles. The molecule has 1 unspecified atom stereocenters. The number of thiophene rings is 1. The Hall–Kier alpha value is -5.85. The van der Waals surface area contributed by atoms with E-state index in [0.29, 0.717) is 42.5 Å². The smallest absolute Gasteiger partial charge is 0.328 e. The number of nitrogens with two attached hydrogens (primary N) is 1. The van der Waals surface area contributed by atoms with Gasteiger partial charge in [0.25, 0.3) is 0 Å². The Bertz CT molecular complexity index is 1490. The van der Waals surface area contributed by atoms with Crippen LogP contribution in [0.1, 0.15) is 11.3 Å². The third kappa shape index (κ3) is 17.6. The van der Waals surface area contributed by atoms with Gasteiger partial charge < -0.3 is 46.3 Å². The number of nitrogens with one attached hydrogen (secondary N) is 1. The molecule has 0 bridgehead atoms. The van der Waals surface area contributed by atoms with E-state index in [1.807, 2.05) is 6.07 Å². The average Bonchev–Trinajstić information content (AvgIpc) is 3.77. The van der Waals surface area contributed by atoms with Gasteiger partial charge in [0, 0.05) is 73.6 Å². The van der Waals surface area contributed by atoms with Crippen LogP contribution < -0.4 is 11.1 Å². The second-order valence-corrected chi connectivity index (χ2v) is 10.4. The summed E-state index contributed by atoms with van der Waals surface area (Å²) in [6.07, 6.45) is 4.49. The average molecular weight is 690 g/mol. The van der Waals surface area contributed by atoms with E-state index in [1.165, 1.54) is 10.4 Å². The van der Waals surface area contributed by atoms with Gasteiger partial charge in [0.15, 0.2) is 0 Å². The number of hydrogen-bond acceptors (Lipinski definition) is 11. The van der Waals surface area contributed by atoms with Gasteiger partial charge in [-0.2, -0.15) is 0 Å². The molecular weight excluding hydrogens is 654 g/mol. The molecule has 1 fully saturated rings. The summed E-state index contributed by atoms with van der Waals surface area (Å²) in [6, 6.07) is 13.1. The second-order valence-electron chi connectivity index (χ2n) is 9.34. The van der Waals surface area contributed by atoms with Crippen molar-refractivity contribution >= 4 is 64.1 Å². The normalized spacial score (nSPS) is 14.0. The summed E-state index contributed by atoms with van der Waals surface area (Å²) < 4.78 is 2.30. The molecule has 3 aromatic rings. The lowest BCUT2D eigenvalue weighted by molar-refractivity contribution is -0.134. The van der Waals surface area contributed by atoms with Crippen LogP contribution in [0.15, 0.2) is 78.2 Å². The van der Waals surface area contributed by atoms with Crippen LogP contribution in [-0.4, -0.2) is 113 Å². The van der Waals surface area contributed by atoms with Crippen molar-refractivity contribution in [1.29, 1.82) is 0 Å². The number of carboxylic acid groups (broad SMARTS) is 6. The summed E-state index contributed by atoms with van der Waals surface area (Å²) in [5.41, 5.74) is 7.91. The van der Waals surface area contributed by atoms with Gasteiger partial charge in [0.1, 0.15) is 0 Å². The minimum absolute atomic E-state index is 0.440. The molecule has 0 aliphatic carbocycles. The van der Waals surface area contributed by atoms with Crippen molar-refractivity contribution in [3.63, 3.8) is 0 Å². The number of carboxylic acids is 6. The van der Waals surface area contributed by atoms with Crippen molar-refractivity contribution in [2.75, 3.05) is 31.5 Å². The first-order valence-corrected chi connectivity index (χ1v) is 14.7. The molecule has 18 heteroatoms. The molecule has 0 saturated carbocycles. The van der Waals surface area contributed by atoms with E-state index >= 15 is 0 Å². The molecule has 2 aromatic heterocycles. The fraction of sp³-hybridized carbons (Fsp3) is 0.233. The van der Waals surface area contributed by atoms with E-state index in [9.17, 15) is 28.8 Å². The summed E-state index contributed by atoms with van der Waals surface area (Å²) >= 11 is 1.79. The van der Waals surface area contributed by atoms with Crippen LogP contribution in [0.5, 0.6) is 0 Å². The first kappa shape index (κ1) is 40.2. The molecule has 3 heterocycles. The number of aliphatic carboxylic acids is 6. The van der Waals surface area contributed by atoms with Crippen molar-refractivity contribution in [1.82, 2.24) is 14.5 Å². The molecule has 9 N–H and O–H groups in total. The van der Waals surface area contributed by atoms with Crippen molar-refractivity contribution < 1.29 is 59.4 Å². The molecule has 1 aliphatic rings. The quantitative estimate of drug-likeness (QED) is 0.126. The van der Waals surface area contributed by atoms with Gasteiger partial charge in [-0.15, -0.1) is 11.3 Å². The third-order valence-corrected chi connectivity index (χ3v) is 6.57. The summed E-state index contributed by atoms with van der Waals surface area (Å²) in [6.45, 7) is 4.71. The molecule has 48 heavy (non-hydrogen) atoms. The standard InChI is InChI=1S/C18H23N5S.3C4H4O4/c19-8-10-22-9-7-14(12-22)20-18-21-16-5-1-2-6-17(16)23(18)13-15-4-3-11-24-15;3*5-3(6)1-2-4(7)8/h1-6,11,14H,7-10,12-13,19H2,(H,20,21);3*1-2H,(H,5,6)(H,7,8). The van der Waals surface area contributed by atoms with Crippen molar-refractivity contribution in [2.24, 2.45) is 5.73 Å². The summed E-state index contributed by atoms with van der Waals surface area (Å²) in [5.74, 6) is -6.57. The van der Waals surface area contributed by atoms with Crippen LogP contribution in [0.25, 0.3) is 11.0 Å². The molecule has 0 amide bonds. The maximum absolute atomic E-state index is 9.55. The van der Waals surface area contributed by atoms with Gasteiger partial charge in [-0.3, -0.25) is 4.90 Å². The number of aromatic nitrogens is 2. The minimum Gasteiger partial charge on any atom is -0.478 e. The monoisotopic (exact) mass is 689 g/mol. The number of hydrogen-bond donors (Lipinski definition) is 8. The Morgan fingerprint density at radius 1 is 0.792 bits per heavy atom. The molecule has 4 rings (SSSR count). The zero-order chi connectivity index (χ0) is 36.1. The highest BCUT2D eigenvalue weighted by molar-refractivity contribution is 7.09. The van der Waals surface area contributed by atoms with Crippen molar-refractivity contribution in [3.8, 4) is 0 Å². The van der Waals surface area contributed by atoms with E-state index in [2.05, 4.69) is 50.5 Å². The second kappa shape index (κ2) is 21.8. The van der Waals surface area contributed by atoms with Crippen LogP contribution in [-0.2, 0) is 35.3 Å². The number of benzene rings is 1. The molecule has 258 valence electrons. The zero-order valence-corrected chi connectivity index (χ0v) is 26.1. The fourth-order valence-electron chi connectivity index (χ4n) is 3.85. The number of nitrogens with zero attached hydrogens (tertiary/aromatic N) is 3. The van der Waals surface area contributed by atoms with Gasteiger partial charge in [-0.25, -0.2) is 33.8 Å². The largest absolute Gasteiger partial charge is 0.478 e. The van der Waals surface area contributed by atoms with E-state index in [1.54, 1.807) is 11.3 Å². The predicted octanol–water partition coefficient (Wildman–Crippen LogP) is 1.73. The van der Waals surface area contributed by atoms with Crippen LogP contribution in [0.4, 0.5) is 5.95 Å². The number of para-hydroxylation sites is 2. The number of likely N-dealkylation sites (tertiary alicyclic amines) is 1. The lowest BCUT2D eigenvalue weighted by atomic mass is 10.3.